The summed E-state index contributed by atoms with van der Waals surface area (Å²) in [4.78, 5) is 0. The minimum Gasteiger partial charge on any atom is -0.481 e. The Labute approximate surface area is 281 Å². The second-order valence-electron chi connectivity index (χ2n) is 13.0. The minimum atomic E-state index is -0.0891. The number of ether oxygens (including phenoxy) is 1. The van der Waals surface area contributed by atoms with E-state index in [0.717, 1.165) is 25.3 Å². The Morgan fingerprint density at radius 1 is 0.729 bits per heavy atom. The standard InChI is InChI=1S/C43H29N3OP/c1-48-29-14-9-13-28(24-29)44-36-23-27(26-11-3-2-4-12-26)21-22-35(36)46-43-37(44)25-39-40(32-16-6-8-20-38(32)47-39)41(43)33-18-10-17-31-30-15-5-7-19-34(30)45(46)42(31)33/h2-25,38,42-43H,1H2/q+1. The number of fused-ring (bicyclic) bond motifs is 9. The molecular formula is C43H29N3OP+. The molecule has 0 saturated heterocycles. The molecule has 226 valence electrons. The van der Waals surface area contributed by atoms with Crippen LogP contribution < -0.4 is 19.9 Å². The molecule has 0 fully saturated rings. The second kappa shape index (κ2) is 9.67. The summed E-state index contributed by atoms with van der Waals surface area (Å²) in [6.07, 6.45) is 22.0. The molecule has 4 aromatic carbocycles. The summed E-state index contributed by atoms with van der Waals surface area (Å²) in [7, 11) is 0.995. The van der Waals surface area contributed by atoms with Gasteiger partial charge in [0.2, 0.25) is 17.1 Å². The van der Waals surface area contributed by atoms with Gasteiger partial charge in [-0.1, -0.05) is 112 Å². The smallest absolute Gasteiger partial charge is 0.237 e. The summed E-state index contributed by atoms with van der Waals surface area (Å²) in [5.41, 5.74) is 16.1. The Hall–Kier alpha value is -5.70. The molecule has 4 aromatic rings. The van der Waals surface area contributed by atoms with E-state index in [4.69, 9.17) is 4.74 Å². The number of hydrogen-bond donors (Lipinski definition) is 0. The van der Waals surface area contributed by atoms with Crippen LogP contribution in [-0.2, 0) is 4.74 Å². The van der Waals surface area contributed by atoms with Crippen molar-refractivity contribution in [3.63, 3.8) is 0 Å². The molecule has 5 heteroatoms. The maximum absolute atomic E-state index is 6.82. The predicted octanol–water partition coefficient (Wildman–Crippen LogP) is 8.61. The van der Waals surface area contributed by atoms with Crippen molar-refractivity contribution >= 4 is 53.8 Å². The molecule has 0 amide bonds. The Morgan fingerprint density at radius 3 is 2.50 bits per heavy atom. The van der Waals surface area contributed by atoms with Crippen LogP contribution in [0.15, 0.2) is 174 Å². The molecule has 7 aliphatic rings. The molecule has 0 N–H and O–H groups in total. The first-order valence-electron chi connectivity index (χ1n) is 16.5. The van der Waals surface area contributed by atoms with Gasteiger partial charge in [-0.25, -0.2) is 0 Å². The summed E-state index contributed by atoms with van der Waals surface area (Å²) < 4.78 is 9.30. The zero-order valence-electron chi connectivity index (χ0n) is 26.0. The third kappa shape index (κ3) is 3.40. The maximum Gasteiger partial charge on any atom is 0.237 e. The highest BCUT2D eigenvalue weighted by molar-refractivity contribution is 7.45. The molecule has 3 aliphatic carbocycles. The maximum atomic E-state index is 6.82. The number of allylic oxidation sites excluding steroid dienone is 5. The molecule has 0 bridgehead atoms. The van der Waals surface area contributed by atoms with Gasteiger partial charge in [-0.15, -0.1) is 0 Å². The van der Waals surface area contributed by atoms with E-state index in [1.165, 1.54) is 66.9 Å². The second-order valence-corrected chi connectivity index (χ2v) is 13.8. The monoisotopic (exact) mass is 634 g/mol. The lowest BCUT2D eigenvalue weighted by molar-refractivity contribution is 0.213. The number of anilines is 2. The van der Waals surface area contributed by atoms with Gasteiger partial charge in [0.25, 0.3) is 0 Å². The van der Waals surface area contributed by atoms with Gasteiger partial charge in [-0.2, -0.15) is 4.58 Å². The lowest BCUT2D eigenvalue weighted by atomic mass is 9.75. The van der Waals surface area contributed by atoms with E-state index in [2.05, 4.69) is 167 Å². The van der Waals surface area contributed by atoms with Gasteiger partial charge < -0.3 is 4.74 Å². The van der Waals surface area contributed by atoms with Crippen LogP contribution in [0.5, 0.6) is 0 Å². The number of rotatable bonds is 3. The van der Waals surface area contributed by atoms with Crippen molar-refractivity contribution in [1.82, 2.24) is 4.58 Å². The zero-order chi connectivity index (χ0) is 31.5. The molecule has 4 heterocycles. The summed E-state index contributed by atoms with van der Waals surface area (Å²) in [6, 6.07) is 35.4. The predicted molar refractivity (Wildman–Crippen MR) is 200 cm³/mol. The van der Waals surface area contributed by atoms with E-state index in [1.807, 2.05) is 0 Å². The van der Waals surface area contributed by atoms with E-state index in [-0.39, 0.29) is 18.2 Å². The summed E-state index contributed by atoms with van der Waals surface area (Å²) in [5, 5.41) is 6.35. The van der Waals surface area contributed by atoms with Crippen molar-refractivity contribution in [2.45, 2.75) is 18.2 Å². The third-order valence-electron chi connectivity index (χ3n) is 10.6. The first kappa shape index (κ1) is 26.4. The number of benzene rings is 4. The van der Waals surface area contributed by atoms with Crippen molar-refractivity contribution in [3.05, 3.63) is 179 Å². The molecule has 0 radical (unpaired) electrons. The van der Waals surface area contributed by atoms with E-state index >= 15 is 0 Å². The minimum absolute atomic E-state index is 0.0657. The highest BCUT2D eigenvalue weighted by Crippen LogP contribution is 2.58. The van der Waals surface area contributed by atoms with Crippen LogP contribution in [0.1, 0.15) is 5.56 Å². The van der Waals surface area contributed by atoms with Crippen molar-refractivity contribution in [1.29, 1.82) is 0 Å². The van der Waals surface area contributed by atoms with Crippen molar-refractivity contribution in [3.8, 4) is 11.1 Å². The van der Waals surface area contributed by atoms with E-state index in [9.17, 15) is 0 Å². The van der Waals surface area contributed by atoms with Gasteiger partial charge >= 0.3 is 0 Å². The molecule has 0 saturated carbocycles. The molecule has 4 aliphatic heterocycles. The number of nitrogens with zero attached hydrogens (tertiary/aromatic N) is 3. The fraction of sp³-hybridized carbons (Fsp3) is 0.0698. The molecule has 11 rings (SSSR count). The average Bonchev–Trinajstić information content (AvgIpc) is 3.69. The summed E-state index contributed by atoms with van der Waals surface area (Å²) >= 11 is 0. The summed E-state index contributed by atoms with van der Waals surface area (Å²) in [5.74, 6) is 0.951. The average molecular weight is 635 g/mol. The van der Waals surface area contributed by atoms with Crippen LogP contribution in [0.4, 0.5) is 22.7 Å². The zero-order valence-corrected chi connectivity index (χ0v) is 26.9. The Balaban J connectivity index is 1.29. The van der Waals surface area contributed by atoms with Gasteiger partial charge in [-0.05, 0) is 46.5 Å². The van der Waals surface area contributed by atoms with Crippen molar-refractivity contribution in [2.75, 3.05) is 10.0 Å². The SMILES string of the molecule is C=Pc1cccc([N+]2=C3C=C4OC5C=CC=CC5=C4C4=C5C=CC=C6c7ccccc7N(C65)N(c5ccc(-c6ccccc6)cc52)C43)c1. The molecule has 3 unspecified atom stereocenters. The molecule has 4 nitrogen and oxygen atoms in total. The van der Waals surface area contributed by atoms with Gasteiger partial charge in [0, 0.05) is 45.8 Å². The topological polar surface area (TPSA) is 18.7 Å². The Kier molecular flexibility index (Phi) is 5.31. The van der Waals surface area contributed by atoms with Crippen LogP contribution in [-0.4, -0.2) is 30.2 Å². The Morgan fingerprint density at radius 2 is 1.58 bits per heavy atom. The molecule has 48 heavy (non-hydrogen) atoms. The number of para-hydroxylation sites is 1. The number of hydrazine groups is 1. The normalized spacial score (nSPS) is 23.3. The van der Waals surface area contributed by atoms with E-state index < -0.39 is 0 Å². The van der Waals surface area contributed by atoms with E-state index in [0.29, 0.717) is 0 Å². The molecule has 0 spiro atoms. The van der Waals surface area contributed by atoms with Crippen molar-refractivity contribution in [2.24, 2.45) is 0 Å². The highest BCUT2D eigenvalue weighted by Gasteiger charge is 2.58. The Bertz CT molecular complexity index is 2420. The fourth-order valence-corrected chi connectivity index (χ4v) is 9.12. The largest absolute Gasteiger partial charge is 0.481 e. The molecule has 3 atom stereocenters. The first-order valence-corrected chi connectivity index (χ1v) is 17.6. The van der Waals surface area contributed by atoms with E-state index in [1.54, 1.807) is 0 Å². The van der Waals surface area contributed by atoms with Crippen molar-refractivity contribution < 1.29 is 4.74 Å². The lowest BCUT2D eigenvalue weighted by Gasteiger charge is -2.52. The van der Waals surface area contributed by atoms with Crippen LogP contribution in [0.2, 0.25) is 0 Å². The van der Waals surface area contributed by atoms with Crippen LogP contribution >= 0.6 is 8.20 Å². The van der Waals surface area contributed by atoms with Gasteiger partial charge in [0.05, 0.1) is 11.8 Å². The quantitative estimate of drug-likeness (QED) is 0.166. The molecular weight excluding hydrogens is 605 g/mol. The first-order chi connectivity index (χ1) is 23.8. The lowest BCUT2D eigenvalue weighted by Crippen LogP contribution is -2.63. The van der Waals surface area contributed by atoms with Crippen LogP contribution in [0.25, 0.3) is 16.7 Å². The third-order valence-corrected chi connectivity index (χ3v) is 11.2. The van der Waals surface area contributed by atoms with Gasteiger partial charge in [0.1, 0.15) is 23.6 Å². The summed E-state index contributed by atoms with van der Waals surface area (Å²) in [6.45, 7) is 0. The fourth-order valence-electron chi connectivity index (χ4n) is 8.70. The van der Waals surface area contributed by atoms with Crippen LogP contribution in [0, 0.1) is 0 Å². The number of hydrogen-bond acceptors (Lipinski definition) is 3. The highest BCUT2D eigenvalue weighted by atomic mass is 31.1. The molecule has 0 aromatic heterocycles. The van der Waals surface area contributed by atoms with Gasteiger partial charge in [0.15, 0.2) is 6.04 Å². The van der Waals surface area contributed by atoms with Gasteiger partial charge in [-0.3, -0.25) is 10.0 Å². The van der Waals surface area contributed by atoms with Crippen LogP contribution in [0.3, 0.4) is 0 Å².